The molecule has 1 amide bonds. The van der Waals surface area contributed by atoms with Crippen LogP contribution in [0.4, 0.5) is 13.2 Å². The molecular weight excluding hydrogens is 269 g/mol. The van der Waals surface area contributed by atoms with Gasteiger partial charge in [-0.3, -0.25) is 4.79 Å². The summed E-state index contributed by atoms with van der Waals surface area (Å²) >= 11 is 0. The minimum absolute atomic E-state index is 0.135. The van der Waals surface area contributed by atoms with Crippen molar-refractivity contribution in [3.8, 4) is 0 Å². The van der Waals surface area contributed by atoms with E-state index in [0.29, 0.717) is 19.4 Å². The first-order valence-corrected chi connectivity index (χ1v) is 7.21. The number of carbonyl (C=O) groups excluding carboxylic acids is 1. The molecule has 0 aromatic carbocycles. The van der Waals surface area contributed by atoms with Gasteiger partial charge in [0, 0.05) is 24.5 Å². The third kappa shape index (κ3) is 6.11. The van der Waals surface area contributed by atoms with Crippen molar-refractivity contribution < 1.29 is 18.0 Å². The van der Waals surface area contributed by atoms with Crippen LogP contribution in [0, 0.1) is 5.92 Å². The molecule has 1 aliphatic rings. The van der Waals surface area contributed by atoms with Crippen molar-refractivity contribution in [3.05, 3.63) is 0 Å². The van der Waals surface area contributed by atoms with Crippen LogP contribution in [0.2, 0.25) is 0 Å². The monoisotopic (exact) mass is 294 g/mol. The summed E-state index contributed by atoms with van der Waals surface area (Å²) in [7, 11) is 0. The van der Waals surface area contributed by atoms with Crippen LogP contribution in [0.5, 0.6) is 0 Å². The molecule has 0 aromatic rings. The number of halogens is 3. The lowest BCUT2D eigenvalue weighted by Crippen LogP contribution is -2.47. The molecular formula is C14H25F3N2O. The van der Waals surface area contributed by atoms with Crippen LogP contribution in [0.1, 0.15) is 52.9 Å². The van der Waals surface area contributed by atoms with Crippen molar-refractivity contribution in [2.75, 3.05) is 6.54 Å². The lowest BCUT2D eigenvalue weighted by Gasteiger charge is -2.33. The second-order valence-electron chi connectivity index (χ2n) is 6.54. The first-order chi connectivity index (χ1) is 9.09. The van der Waals surface area contributed by atoms with Gasteiger partial charge in [-0.05, 0) is 33.6 Å². The topological polar surface area (TPSA) is 41.1 Å². The Hall–Kier alpha value is -0.780. The third-order valence-electron chi connectivity index (χ3n) is 3.46. The van der Waals surface area contributed by atoms with E-state index in [4.69, 9.17) is 0 Å². The molecule has 2 atom stereocenters. The smallest absolute Gasteiger partial charge is 0.351 e. The largest absolute Gasteiger partial charge is 0.393 e. The van der Waals surface area contributed by atoms with Crippen molar-refractivity contribution in [1.82, 2.24) is 10.6 Å². The van der Waals surface area contributed by atoms with Gasteiger partial charge in [0.15, 0.2) is 0 Å². The number of rotatable bonds is 4. The van der Waals surface area contributed by atoms with E-state index < -0.39 is 18.1 Å². The Morgan fingerprint density at radius 3 is 2.30 bits per heavy atom. The first kappa shape index (κ1) is 17.3. The van der Waals surface area contributed by atoms with Crippen molar-refractivity contribution in [2.45, 2.75) is 70.6 Å². The molecule has 0 bridgehead atoms. The van der Waals surface area contributed by atoms with Gasteiger partial charge in [0.05, 0.1) is 5.92 Å². The molecule has 0 aromatic heterocycles. The SMILES string of the molecule is CC(C)(C)NC(=O)CCNC1CCCCC1C(F)(F)F. The summed E-state index contributed by atoms with van der Waals surface area (Å²) in [6, 6.07) is -0.550. The van der Waals surface area contributed by atoms with Crippen LogP contribution in [0.3, 0.4) is 0 Å². The van der Waals surface area contributed by atoms with Crippen LogP contribution in [0.25, 0.3) is 0 Å². The zero-order chi connectivity index (χ0) is 15.4. The van der Waals surface area contributed by atoms with E-state index in [1.165, 1.54) is 0 Å². The lowest BCUT2D eigenvalue weighted by molar-refractivity contribution is -0.188. The highest BCUT2D eigenvalue weighted by atomic mass is 19.4. The number of hydrogen-bond acceptors (Lipinski definition) is 2. The summed E-state index contributed by atoms with van der Waals surface area (Å²) in [4.78, 5) is 11.6. The normalized spacial score (nSPS) is 24.5. The lowest BCUT2D eigenvalue weighted by atomic mass is 9.84. The van der Waals surface area contributed by atoms with Gasteiger partial charge in [-0.25, -0.2) is 0 Å². The molecule has 0 radical (unpaired) electrons. The zero-order valence-electron chi connectivity index (χ0n) is 12.4. The highest BCUT2D eigenvalue weighted by molar-refractivity contribution is 5.76. The van der Waals surface area contributed by atoms with Crippen molar-refractivity contribution in [2.24, 2.45) is 5.92 Å². The molecule has 0 saturated heterocycles. The van der Waals surface area contributed by atoms with E-state index in [9.17, 15) is 18.0 Å². The van der Waals surface area contributed by atoms with Crippen molar-refractivity contribution in [1.29, 1.82) is 0 Å². The Labute approximate surface area is 118 Å². The maximum absolute atomic E-state index is 12.9. The van der Waals surface area contributed by atoms with E-state index in [2.05, 4.69) is 10.6 Å². The van der Waals surface area contributed by atoms with E-state index >= 15 is 0 Å². The van der Waals surface area contributed by atoms with E-state index in [0.717, 1.165) is 6.42 Å². The molecule has 6 heteroatoms. The fraction of sp³-hybridized carbons (Fsp3) is 0.929. The zero-order valence-corrected chi connectivity index (χ0v) is 12.4. The highest BCUT2D eigenvalue weighted by Gasteiger charge is 2.45. The Kier molecular flexibility index (Phi) is 5.86. The van der Waals surface area contributed by atoms with Crippen LogP contribution < -0.4 is 10.6 Å². The molecule has 118 valence electrons. The Bertz CT molecular complexity index is 323. The predicted molar refractivity (Wildman–Crippen MR) is 72.3 cm³/mol. The average Bonchev–Trinajstić information content (AvgIpc) is 2.25. The summed E-state index contributed by atoms with van der Waals surface area (Å²) < 4.78 is 38.6. The summed E-state index contributed by atoms with van der Waals surface area (Å²) in [5.74, 6) is -1.41. The van der Waals surface area contributed by atoms with Gasteiger partial charge in [-0.15, -0.1) is 0 Å². The second-order valence-corrected chi connectivity index (χ2v) is 6.54. The van der Waals surface area contributed by atoms with Crippen LogP contribution in [-0.2, 0) is 4.79 Å². The summed E-state index contributed by atoms with van der Waals surface area (Å²) in [6.07, 6.45) is -1.77. The maximum atomic E-state index is 12.9. The van der Waals surface area contributed by atoms with Crippen LogP contribution in [-0.4, -0.2) is 30.2 Å². The molecule has 20 heavy (non-hydrogen) atoms. The summed E-state index contributed by atoms with van der Waals surface area (Å²) in [5, 5.41) is 5.71. The minimum Gasteiger partial charge on any atom is -0.351 e. The standard InChI is InChI=1S/C14H25F3N2O/c1-13(2,3)19-12(20)8-9-18-11-7-5-4-6-10(11)14(15,16)17/h10-11,18H,4-9H2,1-3H3,(H,19,20). The third-order valence-corrected chi connectivity index (χ3v) is 3.46. The molecule has 1 rings (SSSR count). The van der Waals surface area contributed by atoms with Gasteiger partial charge in [-0.1, -0.05) is 12.8 Å². The van der Waals surface area contributed by atoms with E-state index in [-0.39, 0.29) is 24.3 Å². The summed E-state index contributed by atoms with van der Waals surface area (Å²) in [5.41, 5.74) is -0.309. The number of amides is 1. The number of carbonyl (C=O) groups is 1. The van der Waals surface area contributed by atoms with Gasteiger partial charge >= 0.3 is 6.18 Å². The van der Waals surface area contributed by atoms with Crippen molar-refractivity contribution in [3.63, 3.8) is 0 Å². The Morgan fingerprint density at radius 1 is 1.15 bits per heavy atom. The van der Waals surface area contributed by atoms with Gasteiger partial charge in [0.25, 0.3) is 0 Å². The van der Waals surface area contributed by atoms with Crippen LogP contribution in [0.15, 0.2) is 0 Å². The first-order valence-electron chi connectivity index (χ1n) is 7.21. The van der Waals surface area contributed by atoms with Crippen molar-refractivity contribution >= 4 is 5.91 Å². The van der Waals surface area contributed by atoms with Gasteiger partial charge in [-0.2, -0.15) is 13.2 Å². The number of nitrogens with one attached hydrogen (secondary N) is 2. The van der Waals surface area contributed by atoms with Gasteiger partial charge < -0.3 is 10.6 Å². The van der Waals surface area contributed by atoms with E-state index in [1.54, 1.807) is 0 Å². The second kappa shape index (κ2) is 6.78. The predicted octanol–water partition coefficient (Wildman–Crippen LogP) is 3.00. The van der Waals surface area contributed by atoms with Gasteiger partial charge in [0.2, 0.25) is 5.91 Å². The molecule has 1 fully saturated rings. The van der Waals surface area contributed by atoms with E-state index in [1.807, 2.05) is 20.8 Å². The molecule has 1 saturated carbocycles. The molecule has 3 nitrogen and oxygen atoms in total. The average molecular weight is 294 g/mol. The number of hydrogen-bond donors (Lipinski definition) is 2. The van der Waals surface area contributed by atoms with Crippen LogP contribution >= 0.6 is 0 Å². The number of alkyl halides is 3. The maximum Gasteiger partial charge on any atom is 0.393 e. The molecule has 0 spiro atoms. The molecule has 0 heterocycles. The summed E-state index contributed by atoms with van der Waals surface area (Å²) in [6.45, 7) is 5.91. The Morgan fingerprint density at radius 2 is 1.75 bits per heavy atom. The quantitative estimate of drug-likeness (QED) is 0.837. The van der Waals surface area contributed by atoms with Gasteiger partial charge in [0.1, 0.15) is 0 Å². The molecule has 0 aliphatic heterocycles. The Balaban J connectivity index is 2.38. The minimum atomic E-state index is -4.15. The fourth-order valence-corrected chi connectivity index (χ4v) is 2.62. The molecule has 2 N–H and O–H groups in total. The fourth-order valence-electron chi connectivity index (χ4n) is 2.62. The molecule has 2 unspecified atom stereocenters. The highest BCUT2D eigenvalue weighted by Crippen LogP contribution is 2.37. The molecule has 1 aliphatic carbocycles.